The fourth-order valence-corrected chi connectivity index (χ4v) is 2.26. The number of allylic oxidation sites excluding steroid dienone is 1. The number of carbonyl (C=O) groups excluding carboxylic acids is 1. The highest BCUT2D eigenvalue weighted by atomic mass is 35.5. The van der Waals surface area contributed by atoms with Gasteiger partial charge in [0.05, 0.1) is 16.8 Å². The molecule has 0 radical (unpaired) electrons. The molecule has 25 heavy (non-hydrogen) atoms. The van der Waals surface area contributed by atoms with E-state index in [0.717, 1.165) is 0 Å². The molecule has 0 amide bonds. The van der Waals surface area contributed by atoms with Gasteiger partial charge in [-0.15, -0.1) is 0 Å². The van der Waals surface area contributed by atoms with Crippen LogP contribution in [-0.4, -0.2) is 15.6 Å². The van der Waals surface area contributed by atoms with Gasteiger partial charge < -0.3 is 9.15 Å². The highest BCUT2D eigenvalue weighted by molar-refractivity contribution is 6.30. The maximum atomic E-state index is 13.1. The number of benzene rings is 1. The number of nitrogens with zero attached hydrogens (tertiary/aromatic N) is 2. The van der Waals surface area contributed by atoms with Crippen molar-refractivity contribution in [2.75, 3.05) is 0 Å². The highest BCUT2D eigenvalue weighted by Crippen LogP contribution is 2.22. The molecular formula is C18H14ClFN2O3. The molecule has 0 aliphatic carbocycles. The zero-order valence-electron chi connectivity index (χ0n) is 13.3. The third-order valence-electron chi connectivity index (χ3n) is 3.34. The lowest BCUT2D eigenvalue weighted by Gasteiger charge is -2.04. The lowest BCUT2D eigenvalue weighted by Crippen LogP contribution is -1.94. The Kier molecular flexibility index (Phi) is 5.00. The summed E-state index contributed by atoms with van der Waals surface area (Å²) in [6.45, 7) is 0.159. The predicted octanol–water partition coefficient (Wildman–Crippen LogP) is 4.28. The van der Waals surface area contributed by atoms with Crippen LogP contribution in [0.25, 0.3) is 6.08 Å². The molecule has 3 aromatic rings. The van der Waals surface area contributed by atoms with Crippen LogP contribution in [0, 0.1) is 5.82 Å². The van der Waals surface area contributed by atoms with Gasteiger partial charge in [0, 0.05) is 19.3 Å². The molecule has 3 rings (SSSR count). The van der Waals surface area contributed by atoms with Crippen LogP contribution in [0.15, 0.2) is 53.2 Å². The lowest BCUT2D eigenvalue weighted by molar-refractivity contribution is 0.104. The highest BCUT2D eigenvalue weighted by Gasteiger charge is 2.06. The molecule has 1 aromatic carbocycles. The molecule has 0 fully saturated rings. The van der Waals surface area contributed by atoms with Gasteiger partial charge in [0.1, 0.15) is 29.7 Å². The summed E-state index contributed by atoms with van der Waals surface area (Å²) in [5.74, 6) is 0.856. The van der Waals surface area contributed by atoms with Crippen molar-refractivity contribution in [3.8, 4) is 5.75 Å². The molecule has 2 heterocycles. The van der Waals surface area contributed by atoms with Gasteiger partial charge >= 0.3 is 0 Å². The minimum atomic E-state index is -0.502. The molecule has 0 saturated carbocycles. The van der Waals surface area contributed by atoms with Gasteiger partial charge in [0.25, 0.3) is 0 Å². The van der Waals surface area contributed by atoms with E-state index in [0.29, 0.717) is 22.8 Å². The van der Waals surface area contributed by atoms with E-state index in [-0.39, 0.29) is 17.4 Å². The van der Waals surface area contributed by atoms with Crippen LogP contribution in [0.1, 0.15) is 21.9 Å². The van der Waals surface area contributed by atoms with Crippen LogP contribution in [0.5, 0.6) is 5.75 Å². The second-order valence-corrected chi connectivity index (χ2v) is 5.68. The van der Waals surface area contributed by atoms with Gasteiger partial charge in [0.2, 0.25) is 0 Å². The predicted molar refractivity (Wildman–Crippen MR) is 91.0 cm³/mol. The average molecular weight is 361 g/mol. The summed E-state index contributed by atoms with van der Waals surface area (Å²) < 4.78 is 25.7. The van der Waals surface area contributed by atoms with Crippen molar-refractivity contribution in [2.45, 2.75) is 6.61 Å². The maximum Gasteiger partial charge on any atom is 0.189 e. The molecule has 2 aromatic heterocycles. The number of hydrogen-bond donors (Lipinski definition) is 0. The number of hydrogen-bond acceptors (Lipinski definition) is 4. The van der Waals surface area contributed by atoms with Gasteiger partial charge in [-0.05, 0) is 36.4 Å². The second-order valence-electron chi connectivity index (χ2n) is 5.27. The van der Waals surface area contributed by atoms with E-state index in [1.165, 1.54) is 30.5 Å². The first-order valence-corrected chi connectivity index (χ1v) is 7.77. The molecule has 0 atom stereocenters. The van der Waals surface area contributed by atoms with E-state index >= 15 is 0 Å². The fraction of sp³-hybridized carbons (Fsp3) is 0.111. The molecule has 0 aliphatic rings. The Hall–Kier alpha value is -2.86. The molecule has 0 unspecified atom stereocenters. The van der Waals surface area contributed by atoms with Crippen molar-refractivity contribution in [1.29, 1.82) is 0 Å². The van der Waals surface area contributed by atoms with E-state index in [1.54, 1.807) is 36.1 Å². The van der Waals surface area contributed by atoms with E-state index in [2.05, 4.69) is 5.10 Å². The summed E-state index contributed by atoms with van der Waals surface area (Å²) in [5, 5.41) is 3.95. The number of ether oxygens (including phenoxy) is 1. The average Bonchev–Trinajstić information content (AvgIpc) is 3.23. The number of halogens is 2. The smallest absolute Gasteiger partial charge is 0.189 e. The third-order valence-corrected chi connectivity index (χ3v) is 3.63. The van der Waals surface area contributed by atoms with E-state index in [1.807, 2.05) is 0 Å². The summed E-state index contributed by atoms with van der Waals surface area (Å²) in [6.07, 6.45) is 6.14. The molecule has 0 aliphatic heterocycles. The van der Waals surface area contributed by atoms with Crippen molar-refractivity contribution in [2.24, 2.45) is 7.05 Å². The van der Waals surface area contributed by atoms with Crippen LogP contribution in [0.4, 0.5) is 4.39 Å². The molecule has 0 spiro atoms. The Bertz CT molecular complexity index is 930. The second kappa shape index (κ2) is 7.36. The first-order valence-electron chi connectivity index (χ1n) is 7.39. The van der Waals surface area contributed by atoms with Gasteiger partial charge in [0.15, 0.2) is 5.78 Å². The minimum Gasteiger partial charge on any atom is -0.486 e. The monoisotopic (exact) mass is 360 g/mol. The SMILES string of the molecule is Cn1cc(C(=O)/C=C/c2ccc(COc3ccc(F)c(Cl)c3)o2)cn1. The Morgan fingerprint density at radius 3 is 2.96 bits per heavy atom. The largest absolute Gasteiger partial charge is 0.486 e. The van der Waals surface area contributed by atoms with Crippen LogP contribution in [0.3, 0.4) is 0 Å². The molecule has 7 heteroatoms. The normalized spacial score (nSPS) is 11.2. The quantitative estimate of drug-likeness (QED) is 0.486. The molecule has 0 bridgehead atoms. The number of carbonyl (C=O) groups is 1. The van der Waals surface area contributed by atoms with Crippen LogP contribution >= 0.6 is 11.6 Å². The van der Waals surface area contributed by atoms with Crippen LogP contribution < -0.4 is 4.74 Å². The first kappa shape index (κ1) is 17.0. The standard InChI is InChI=1S/C18H14ClFN2O3/c1-22-10-12(9-21-22)18(23)7-5-13-2-3-15(25-13)11-24-14-4-6-17(20)16(19)8-14/h2-10H,11H2,1H3/b7-5+. The minimum absolute atomic E-state index is 0.00511. The molecule has 5 nitrogen and oxygen atoms in total. The maximum absolute atomic E-state index is 13.1. The van der Waals surface area contributed by atoms with Crippen molar-refractivity contribution >= 4 is 23.5 Å². The number of rotatable bonds is 6. The van der Waals surface area contributed by atoms with Crippen molar-refractivity contribution in [3.05, 3.63) is 76.7 Å². The Morgan fingerprint density at radius 1 is 1.40 bits per heavy atom. The Balaban J connectivity index is 1.59. The van der Waals surface area contributed by atoms with Gasteiger partial charge in [-0.2, -0.15) is 5.10 Å². The van der Waals surface area contributed by atoms with Crippen molar-refractivity contribution < 1.29 is 18.3 Å². The van der Waals surface area contributed by atoms with Gasteiger partial charge in [-0.25, -0.2) is 4.39 Å². The van der Waals surface area contributed by atoms with Gasteiger partial charge in [-0.3, -0.25) is 9.48 Å². The van der Waals surface area contributed by atoms with E-state index in [4.69, 9.17) is 20.8 Å². The summed E-state index contributed by atoms with van der Waals surface area (Å²) in [4.78, 5) is 12.0. The lowest BCUT2D eigenvalue weighted by atomic mass is 10.2. The molecule has 0 saturated heterocycles. The number of aryl methyl sites for hydroxylation is 1. The topological polar surface area (TPSA) is 57.3 Å². The van der Waals surface area contributed by atoms with Crippen molar-refractivity contribution in [1.82, 2.24) is 9.78 Å². The van der Waals surface area contributed by atoms with Crippen LogP contribution in [0.2, 0.25) is 5.02 Å². The number of aromatic nitrogens is 2. The zero-order chi connectivity index (χ0) is 17.8. The van der Waals surface area contributed by atoms with E-state index in [9.17, 15) is 9.18 Å². The number of ketones is 1. The van der Waals surface area contributed by atoms with Crippen molar-refractivity contribution in [3.63, 3.8) is 0 Å². The summed E-state index contributed by atoms with van der Waals surface area (Å²) in [5.41, 5.74) is 0.502. The summed E-state index contributed by atoms with van der Waals surface area (Å²) in [7, 11) is 1.74. The molecule has 128 valence electrons. The summed E-state index contributed by atoms with van der Waals surface area (Å²) >= 11 is 5.70. The molecular weight excluding hydrogens is 347 g/mol. The summed E-state index contributed by atoms with van der Waals surface area (Å²) in [6, 6.07) is 7.57. The zero-order valence-corrected chi connectivity index (χ0v) is 14.0. The number of furan rings is 1. The Labute approximate surface area is 148 Å². The van der Waals surface area contributed by atoms with E-state index < -0.39 is 5.82 Å². The molecule has 0 N–H and O–H groups in total. The first-order chi connectivity index (χ1) is 12.0. The van der Waals surface area contributed by atoms with Gasteiger partial charge in [-0.1, -0.05) is 11.6 Å². The Morgan fingerprint density at radius 2 is 2.24 bits per heavy atom. The third kappa shape index (κ3) is 4.36. The fourth-order valence-electron chi connectivity index (χ4n) is 2.09. The van der Waals surface area contributed by atoms with Crippen LogP contribution in [-0.2, 0) is 13.7 Å².